The van der Waals surface area contributed by atoms with Crippen LogP contribution in [0.2, 0.25) is 0 Å². The Morgan fingerprint density at radius 1 is 1.36 bits per heavy atom. The molecule has 0 rings (SSSR count). The van der Waals surface area contributed by atoms with Gasteiger partial charge in [0.15, 0.2) is 0 Å². The van der Waals surface area contributed by atoms with Crippen molar-refractivity contribution in [3.05, 3.63) is 11.8 Å². The first kappa shape index (κ1) is 12.7. The summed E-state index contributed by atoms with van der Waals surface area (Å²) in [5.41, 5.74) is 1.11. The third kappa shape index (κ3) is 17.6. The van der Waals surface area contributed by atoms with Gasteiger partial charge in [0, 0.05) is 6.92 Å². The number of carboxylic acid groups (broad SMARTS) is 1. The molecule has 2 N–H and O–H groups in total. The Morgan fingerprint density at radius 3 is 1.64 bits per heavy atom. The average molecular weight is 160 g/mol. The first-order valence-corrected chi connectivity index (χ1v) is 3.60. The molecule has 0 atom stereocenters. The molecule has 0 aromatic rings. The van der Waals surface area contributed by atoms with E-state index < -0.39 is 5.97 Å². The van der Waals surface area contributed by atoms with Crippen LogP contribution in [0.3, 0.4) is 0 Å². The van der Waals surface area contributed by atoms with Crippen LogP contribution in [0, 0.1) is 0 Å². The van der Waals surface area contributed by atoms with Gasteiger partial charge in [0.25, 0.3) is 5.97 Å². The van der Waals surface area contributed by atoms with E-state index in [2.05, 4.69) is 0 Å². The van der Waals surface area contributed by atoms with Crippen LogP contribution in [0.1, 0.15) is 33.6 Å². The summed E-state index contributed by atoms with van der Waals surface area (Å²) in [5.74, 6) is -0.833. The predicted molar refractivity (Wildman–Crippen MR) is 44.6 cm³/mol. The van der Waals surface area contributed by atoms with Crippen molar-refractivity contribution in [3.63, 3.8) is 0 Å². The van der Waals surface area contributed by atoms with Gasteiger partial charge < -0.3 is 10.2 Å². The molecule has 0 aromatic carbocycles. The van der Waals surface area contributed by atoms with Crippen LogP contribution in [-0.2, 0) is 4.79 Å². The Hall–Kier alpha value is -0.990. The third-order valence-electron chi connectivity index (χ3n) is 1.09. The van der Waals surface area contributed by atoms with Gasteiger partial charge in [0.05, 0.1) is 6.26 Å². The van der Waals surface area contributed by atoms with E-state index in [0.29, 0.717) is 0 Å². The Balaban J connectivity index is 0. The summed E-state index contributed by atoms with van der Waals surface area (Å²) < 4.78 is 0. The van der Waals surface area contributed by atoms with Crippen LogP contribution < -0.4 is 0 Å². The first-order chi connectivity index (χ1) is 5.08. The summed E-state index contributed by atoms with van der Waals surface area (Å²) in [6.45, 7) is 5.15. The van der Waals surface area contributed by atoms with Gasteiger partial charge in [0.2, 0.25) is 0 Å². The van der Waals surface area contributed by atoms with Gasteiger partial charge in [0.1, 0.15) is 0 Å². The minimum atomic E-state index is -0.833. The van der Waals surface area contributed by atoms with Gasteiger partial charge in [-0.15, -0.1) is 0 Å². The van der Waals surface area contributed by atoms with E-state index in [0.717, 1.165) is 25.3 Å². The summed E-state index contributed by atoms with van der Waals surface area (Å²) in [6.07, 6.45) is 3.12. The van der Waals surface area contributed by atoms with Crippen molar-refractivity contribution in [1.82, 2.24) is 0 Å². The molecule has 0 heterocycles. The Labute approximate surface area is 67.4 Å². The maximum absolute atomic E-state index is 9.00. The van der Waals surface area contributed by atoms with Crippen LogP contribution >= 0.6 is 0 Å². The highest BCUT2D eigenvalue weighted by Crippen LogP contribution is 2.01. The fourth-order valence-electron chi connectivity index (χ4n) is 0.433. The number of aliphatic hydroxyl groups excluding tert-OH is 1. The number of hydrogen-bond donors (Lipinski definition) is 2. The van der Waals surface area contributed by atoms with Crippen molar-refractivity contribution >= 4 is 5.97 Å². The number of allylic oxidation sites excluding steroid dienone is 1. The van der Waals surface area contributed by atoms with Crippen LogP contribution in [0.5, 0.6) is 0 Å². The zero-order chi connectivity index (χ0) is 9.28. The minimum absolute atomic E-state index is 0.833. The van der Waals surface area contributed by atoms with Crippen molar-refractivity contribution in [2.75, 3.05) is 0 Å². The second kappa shape index (κ2) is 9.01. The molecule has 3 nitrogen and oxygen atoms in total. The van der Waals surface area contributed by atoms with E-state index in [4.69, 9.17) is 15.0 Å². The van der Waals surface area contributed by atoms with E-state index in [9.17, 15) is 0 Å². The van der Waals surface area contributed by atoms with Gasteiger partial charge in [-0.1, -0.05) is 13.8 Å². The summed E-state index contributed by atoms with van der Waals surface area (Å²) in [4.78, 5) is 9.00. The summed E-state index contributed by atoms with van der Waals surface area (Å²) >= 11 is 0. The molecule has 66 valence electrons. The van der Waals surface area contributed by atoms with E-state index in [1.165, 1.54) is 6.26 Å². The SMILES string of the molecule is CC(=O)O.CCC(=CO)CC. The van der Waals surface area contributed by atoms with Crippen LogP contribution in [0.15, 0.2) is 11.8 Å². The van der Waals surface area contributed by atoms with Crippen LogP contribution in [0.25, 0.3) is 0 Å². The zero-order valence-corrected chi connectivity index (χ0v) is 7.29. The van der Waals surface area contributed by atoms with Crippen molar-refractivity contribution in [2.45, 2.75) is 33.6 Å². The molecule has 0 bridgehead atoms. The van der Waals surface area contributed by atoms with E-state index in [1.807, 2.05) is 13.8 Å². The van der Waals surface area contributed by atoms with Crippen LogP contribution in [-0.4, -0.2) is 16.2 Å². The van der Waals surface area contributed by atoms with Crippen molar-refractivity contribution in [3.8, 4) is 0 Å². The van der Waals surface area contributed by atoms with Gasteiger partial charge in [-0.3, -0.25) is 4.79 Å². The lowest BCUT2D eigenvalue weighted by Crippen LogP contribution is -1.78. The highest BCUT2D eigenvalue weighted by atomic mass is 16.4. The number of rotatable bonds is 2. The number of carbonyl (C=O) groups is 1. The summed E-state index contributed by atoms with van der Waals surface area (Å²) in [5, 5.41) is 15.8. The van der Waals surface area contributed by atoms with E-state index in [-0.39, 0.29) is 0 Å². The Kier molecular flexibility index (Phi) is 10.4. The second-order valence-corrected chi connectivity index (χ2v) is 2.01. The fourth-order valence-corrected chi connectivity index (χ4v) is 0.433. The lowest BCUT2D eigenvalue weighted by molar-refractivity contribution is -0.134. The standard InChI is InChI=1S/C6H12O.C2H4O2/c1-3-6(4-2)5-7;1-2(3)4/h5,7H,3-4H2,1-2H3;1H3,(H,3,4). The Bertz CT molecular complexity index is 117. The first-order valence-electron chi connectivity index (χ1n) is 3.60. The topological polar surface area (TPSA) is 57.5 Å². The minimum Gasteiger partial charge on any atom is -0.516 e. The van der Waals surface area contributed by atoms with Gasteiger partial charge in [-0.2, -0.15) is 0 Å². The highest BCUT2D eigenvalue weighted by Gasteiger charge is 1.84. The number of aliphatic carboxylic acids is 1. The van der Waals surface area contributed by atoms with Crippen molar-refractivity contribution in [1.29, 1.82) is 0 Å². The lowest BCUT2D eigenvalue weighted by atomic mass is 10.2. The molecule has 0 radical (unpaired) electrons. The number of carboxylic acids is 1. The molecule has 0 amide bonds. The predicted octanol–water partition coefficient (Wildman–Crippen LogP) is 2.34. The molecule has 0 saturated carbocycles. The average Bonchev–Trinajstić information content (AvgIpc) is 1.90. The van der Waals surface area contributed by atoms with Gasteiger partial charge in [-0.05, 0) is 18.4 Å². The molecular formula is C8H16O3. The number of aliphatic hydroxyl groups is 1. The second-order valence-electron chi connectivity index (χ2n) is 2.01. The van der Waals surface area contributed by atoms with Gasteiger partial charge >= 0.3 is 0 Å². The highest BCUT2D eigenvalue weighted by molar-refractivity contribution is 5.62. The maximum Gasteiger partial charge on any atom is 0.300 e. The van der Waals surface area contributed by atoms with Crippen molar-refractivity contribution in [2.24, 2.45) is 0 Å². The van der Waals surface area contributed by atoms with E-state index >= 15 is 0 Å². The van der Waals surface area contributed by atoms with Crippen LogP contribution in [0.4, 0.5) is 0 Å². The van der Waals surface area contributed by atoms with E-state index in [1.54, 1.807) is 0 Å². The lowest BCUT2D eigenvalue weighted by Gasteiger charge is -1.91. The molecule has 0 fully saturated rings. The smallest absolute Gasteiger partial charge is 0.300 e. The molecule has 3 heteroatoms. The fraction of sp³-hybridized carbons (Fsp3) is 0.625. The molecule has 0 aromatic heterocycles. The van der Waals surface area contributed by atoms with Gasteiger partial charge in [-0.25, -0.2) is 0 Å². The molecule has 0 saturated heterocycles. The molecule has 0 spiro atoms. The normalized spacial score (nSPS) is 7.55. The quantitative estimate of drug-likeness (QED) is 0.609. The monoisotopic (exact) mass is 160 g/mol. The third-order valence-corrected chi connectivity index (χ3v) is 1.09. The summed E-state index contributed by atoms with van der Waals surface area (Å²) in [6, 6.07) is 0. The zero-order valence-electron chi connectivity index (χ0n) is 7.29. The molecule has 11 heavy (non-hydrogen) atoms. The maximum atomic E-state index is 9.00. The van der Waals surface area contributed by atoms with Crippen molar-refractivity contribution < 1.29 is 15.0 Å². The Morgan fingerprint density at radius 2 is 1.64 bits per heavy atom. The molecule has 0 unspecified atom stereocenters. The molecular weight excluding hydrogens is 144 g/mol. The number of hydrogen-bond acceptors (Lipinski definition) is 2. The molecule has 0 aliphatic heterocycles. The molecule has 0 aliphatic carbocycles. The summed E-state index contributed by atoms with van der Waals surface area (Å²) in [7, 11) is 0. The molecule has 0 aliphatic rings. The largest absolute Gasteiger partial charge is 0.516 e.